The lowest BCUT2D eigenvalue weighted by atomic mass is 10.1. The number of ether oxygens (including phenoxy) is 1. The van der Waals surface area contributed by atoms with Crippen LogP contribution in [0.1, 0.15) is 25.3 Å². The van der Waals surface area contributed by atoms with Crippen molar-refractivity contribution in [3.63, 3.8) is 0 Å². The minimum Gasteiger partial charge on any atom is -0.459 e. The molecular formula is C18H21ClN4O4S. The molecule has 1 aliphatic heterocycles. The molecule has 2 aromatic rings. The number of piperidine rings is 1. The van der Waals surface area contributed by atoms with Crippen molar-refractivity contribution in [3.8, 4) is 6.01 Å². The maximum atomic E-state index is 13.1. The number of rotatable bonds is 5. The summed E-state index contributed by atoms with van der Waals surface area (Å²) >= 11 is 5.77. The number of aromatic nitrogens is 2. The molecule has 0 aliphatic carbocycles. The maximum absolute atomic E-state index is 13.1. The van der Waals surface area contributed by atoms with Crippen molar-refractivity contribution in [2.75, 3.05) is 18.4 Å². The number of hydrogen-bond acceptors (Lipinski definition) is 6. The van der Waals surface area contributed by atoms with Crippen LogP contribution in [0.15, 0.2) is 35.5 Å². The Morgan fingerprint density at radius 3 is 2.68 bits per heavy atom. The van der Waals surface area contributed by atoms with E-state index in [9.17, 15) is 13.2 Å². The Balaban J connectivity index is 1.75. The molecular weight excluding hydrogens is 404 g/mol. The van der Waals surface area contributed by atoms with Crippen LogP contribution in [0.4, 0.5) is 5.69 Å². The highest BCUT2D eigenvalue weighted by Crippen LogP contribution is 2.26. The summed E-state index contributed by atoms with van der Waals surface area (Å²) in [5.74, 6) is -0.213. The summed E-state index contributed by atoms with van der Waals surface area (Å²) in [5, 5.41) is 3.05. The van der Waals surface area contributed by atoms with Gasteiger partial charge in [0.2, 0.25) is 15.9 Å². The van der Waals surface area contributed by atoms with Gasteiger partial charge in [-0.2, -0.15) is 4.31 Å². The fourth-order valence-electron chi connectivity index (χ4n) is 3.09. The van der Waals surface area contributed by atoms with Gasteiger partial charge in [-0.1, -0.05) is 11.6 Å². The molecule has 150 valence electrons. The number of hydrogen-bond donors (Lipinski definition) is 1. The molecule has 0 unspecified atom stereocenters. The Morgan fingerprint density at radius 1 is 1.32 bits per heavy atom. The van der Waals surface area contributed by atoms with E-state index < -0.39 is 10.0 Å². The molecule has 10 heteroatoms. The third-order valence-corrected chi connectivity index (χ3v) is 6.54. The normalized spacial score (nSPS) is 17.9. The van der Waals surface area contributed by atoms with Crippen molar-refractivity contribution in [2.24, 2.45) is 0 Å². The molecule has 0 radical (unpaired) electrons. The second kappa shape index (κ2) is 8.42. The zero-order valence-electron chi connectivity index (χ0n) is 15.6. The molecule has 28 heavy (non-hydrogen) atoms. The molecule has 1 N–H and O–H groups in total. The van der Waals surface area contributed by atoms with E-state index in [1.165, 1.54) is 29.7 Å². The van der Waals surface area contributed by atoms with Crippen molar-refractivity contribution in [1.82, 2.24) is 14.3 Å². The largest absolute Gasteiger partial charge is 0.459 e. The minimum absolute atomic E-state index is 0.171. The number of carbonyl (C=O) groups is 1. The SMILES string of the molecule is CC(=O)Nc1ccc(S(=O)(=O)N2CCC[C@@H](Oc3ncc(Cl)cn3)C2)c(C)c1. The van der Waals surface area contributed by atoms with Gasteiger partial charge < -0.3 is 10.1 Å². The monoisotopic (exact) mass is 424 g/mol. The van der Waals surface area contributed by atoms with Gasteiger partial charge in [0.05, 0.1) is 28.9 Å². The quantitative estimate of drug-likeness (QED) is 0.791. The number of nitrogens with zero attached hydrogens (tertiary/aromatic N) is 3. The highest BCUT2D eigenvalue weighted by atomic mass is 35.5. The lowest BCUT2D eigenvalue weighted by molar-refractivity contribution is -0.114. The molecule has 0 bridgehead atoms. The van der Waals surface area contributed by atoms with Crippen LogP contribution in [-0.4, -0.2) is 47.8 Å². The van der Waals surface area contributed by atoms with Crippen LogP contribution in [-0.2, 0) is 14.8 Å². The van der Waals surface area contributed by atoms with Crippen LogP contribution in [0.5, 0.6) is 6.01 Å². The van der Waals surface area contributed by atoms with Crippen molar-refractivity contribution in [2.45, 2.75) is 37.7 Å². The van der Waals surface area contributed by atoms with E-state index in [1.54, 1.807) is 19.1 Å². The number of aryl methyl sites for hydroxylation is 1. The van der Waals surface area contributed by atoms with Crippen molar-refractivity contribution in [3.05, 3.63) is 41.2 Å². The lowest BCUT2D eigenvalue weighted by Crippen LogP contribution is -2.44. The Labute approximate surface area is 168 Å². The molecule has 1 aliphatic rings. The van der Waals surface area contributed by atoms with Gasteiger partial charge in [-0.25, -0.2) is 18.4 Å². The van der Waals surface area contributed by atoms with E-state index in [0.29, 0.717) is 35.7 Å². The molecule has 1 fully saturated rings. The maximum Gasteiger partial charge on any atom is 0.316 e. The highest BCUT2D eigenvalue weighted by Gasteiger charge is 2.32. The van der Waals surface area contributed by atoms with Crippen molar-refractivity contribution >= 4 is 33.2 Å². The second-order valence-electron chi connectivity index (χ2n) is 6.59. The fourth-order valence-corrected chi connectivity index (χ4v) is 4.90. The van der Waals surface area contributed by atoms with Crippen LogP contribution in [0.25, 0.3) is 0 Å². The van der Waals surface area contributed by atoms with E-state index in [1.807, 2.05) is 0 Å². The van der Waals surface area contributed by atoms with Crippen molar-refractivity contribution < 1.29 is 17.9 Å². The summed E-state index contributed by atoms with van der Waals surface area (Å²) in [6.45, 7) is 3.73. The van der Waals surface area contributed by atoms with Gasteiger partial charge in [0.15, 0.2) is 0 Å². The molecule has 3 rings (SSSR count). The smallest absolute Gasteiger partial charge is 0.316 e. The zero-order valence-corrected chi connectivity index (χ0v) is 17.1. The average Bonchev–Trinajstić information content (AvgIpc) is 2.63. The van der Waals surface area contributed by atoms with E-state index in [0.717, 1.165) is 0 Å². The third kappa shape index (κ3) is 4.78. The summed E-state index contributed by atoms with van der Waals surface area (Å²) in [6, 6.07) is 4.92. The molecule has 8 nitrogen and oxygen atoms in total. The first kappa shape index (κ1) is 20.5. The Bertz CT molecular complexity index is 966. The summed E-state index contributed by atoms with van der Waals surface area (Å²) in [5.41, 5.74) is 1.12. The summed E-state index contributed by atoms with van der Waals surface area (Å²) in [4.78, 5) is 19.4. The molecule has 1 amide bonds. The molecule has 1 aromatic heterocycles. The number of anilines is 1. The van der Waals surface area contributed by atoms with Crippen LogP contribution in [0.3, 0.4) is 0 Å². The number of nitrogens with one attached hydrogen (secondary N) is 1. The van der Waals surface area contributed by atoms with Crippen LogP contribution < -0.4 is 10.1 Å². The van der Waals surface area contributed by atoms with E-state index in [4.69, 9.17) is 16.3 Å². The van der Waals surface area contributed by atoms with E-state index in [2.05, 4.69) is 15.3 Å². The number of sulfonamides is 1. The van der Waals surface area contributed by atoms with Gasteiger partial charge in [-0.05, 0) is 43.5 Å². The molecule has 0 saturated carbocycles. The number of halogens is 1. The van der Waals surface area contributed by atoms with Gasteiger partial charge in [0.25, 0.3) is 0 Å². The predicted molar refractivity (Wildman–Crippen MR) is 105 cm³/mol. The number of benzene rings is 1. The Hall–Kier alpha value is -2.23. The van der Waals surface area contributed by atoms with Gasteiger partial charge in [0, 0.05) is 19.2 Å². The Morgan fingerprint density at radius 2 is 2.04 bits per heavy atom. The lowest BCUT2D eigenvalue weighted by Gasteiger charge is -2.31. The average molecular weight is 425 g/mol. The number of amides is 1. The standard InChI is InChI=1S/C18H21ClN4O4S/c1-12-8-15(22-13(2)24)5-6-17(12)28(25,26)23-7-3-4-16(11-23)27-18-20-9-14(19)10-21-18/h5-6,8-10,16H,3-4,7,11H2,1-2H3,(H,22,24)/t16-/m1/s1. The van der Waals surface area contributed by atoms with Gasteiger partial charge in [-0.3, -0.25) is 4.79 Å². The second-order valence-corrected chi connectivity index (χ2v) is 8.93. The molecule has 2 heterocycles. The predicted octanol–water partition coefficient (Wildman–Crippen LogP) is 2.63. The molecule has 1 saturated heterocycles. The van der Waals surface area contributed by atoms with Crippen molar-refractivity contribution in [1.29, 1.82) is 0 Å². The summed E-state index contributed by atoms with van der Waals surface area (Å²) in [7, 11) is -3.69. The molecule has 1 atom stereocenters. The van der Waals surface area contributed by atoms with Crippen LogP contribution in [0.2, 0.25) is 5.02 Å². The molecule has 1 aromatic carbocycles. The number of carbonyl (C=O) groups excluding carboxylic acids is 1. The fraction of sp³-hybridized carbons (Fsp3) is 0.389. The highest BCUT2D eigenvalue weighted by molar-refractivity contribution is 7.89. The van der Waals surface area contributed by atoms with Crippen LogP contribution in [0, 0.1) is 6.92 Å². The topological polar surface area (TPSA) is 101 Å². The Kier molecular flexibility index (Phi) is 6.17. The molecule has 0 spiro atoms. The third-order valence-electron chi connectivity index (χ3n) is 4.32. The van der Waals surface area contributed by atoms with Gasteiger partial charge in [-0.15, -0.1) is 0 Å². The van der Waals surface area contributed by atoms with Crippen LogP contribution >= 0.6 is 11.6 Å². The summed E-state index contributed by atoms with van der Waals surface area (Å²) in [6.07, 6.45) is 3.89. The first-order valence-electron chi connectivity index (χ1n) is 8.78. The first-order chi connectivity index (χ1) is 13.3. The van der Waals surface area contributed by atoms with Gasteiger partial charge >= 0.3 is 6.01 Å². The zero-order chi connectivity index (χ0) is 20.3. The minimum atomic E-state index is -3.69. The first-order valence-corrected chi connectivity index (χ1v) is 10.6. The van der Waals surface area contributed by atoms with E-state index in [-0.39, 0.29) is 29.5 Å². The summed E-state index contributed by atoms with van der Waals surface area (Å²) < 4.78 is 33.4. The van der Waals surface area contributed by atoms with Gasteiger partial charge in [0.1, 0.15) is 6.10 Å². The van der Waals surface area contributed by atoms with E-state index >= 15 is 0 Å².